The summed E-state index contributed by atoms with van der Waals surface area (Å²) in [7, 11) is 0. The number of carbonyl (C=O) groups excluding carboxylic acids is 1. The van der Waals surface area contributed by atoms with E-state index >= 15 is 0 Å². The maximum absolute atomic E-state index is 11.9. The van der Waals surface area contributed by atoms with Gasteiger partial charge in [0.15, 0.2) is 0 Å². The molecule has 0 radical (unpaired) electrons. The molecule has 0 aliphatic carbocycles. The predicted octanol–water partition coefficient (Wildman–Crippen LogP) is 2.41. The lowest BCUT2D eigenvalue weighted by atomic mass is 10.1. The Balaban J connectivity index is 2.03. The number of aliphatic hydroxyl groups is 1. The first-order chi connectivity index (χ1) is 9.81. The van der Waals surface area contributed by atoms with Crippen molar-refractivity contribution in [1.29, 1.82) is 0 Å². The van der Waals surface area contributed by atoms with E-state index in [-0.39, 0.29) is 12.5 Å². The summed E-state index contributed by atoms with van der Waals surface area (Å²) in [5.74, 6) is 5.84. The smallest absolute Gasteiger partial charge is 0.261 e. The summed E-state index contributed by atoms with van der Waals surface area (Å²) >= 11 is 1.42. The molecule has 1 amide bonds. The van der Waals surface area contributed by atoms with Gasteiger partial charge in [-0.2, -0.15) is 0 Å². The van der Waals surface area contributed by atoms with Crippen LogP contribution in [0.4, 0.5) is 0 Å². The van der Waals surface area contributed by atoms with Crippen LogP contribution in [0.5, 0.6) is 0 Å². The molecule has 0 atom stereocenters. The number of carbonyl (C=O) groups is 1. The van der Waals surface area contributed by atoms with E-state index in [0.717, 1.165) is 11.1 Å². The van der Waals surface area contributed by atoms with Crippen molar-refractivity contribution in [2.75, 3.05) is 6.61 Å². The molecule has 1 heterocycles. The molecule has 0 aliphatic rings. The Bertz CT molecular complexity index is 623. The lowest BCUT2D eigenvalue weighted by Gasteiger charge is -2.06. The van der Waals surface area contributed by atoms with Gasteiger partial charge in [0, 0.05) is 18.5 Å². The Kier molecular flexibility index (Phi) is 5.36. The first-order valence-electron chi connectivity index (χ1n) is 6.30. The van der Waals surface area contributed by atoms with Crippen LogP contribution in [0.1, 0.15) is 27.2 Å². The highest BCUT2D eigenvalue weighted by Crippen LogP contribution is 2.10. The third-order valence-corrected chi connectivity index (χ3v) is 3.53. The van der Waals surface area contributed by atoms with Crippen LogP contribution in [-0.4, -0.2) is 17.6 Å². The fourth-order valence-electron chi connectivity index (χ4n) is 1.68. The number of aliphatic hydroxyl groups excluding tert-OH is 1. The minimum Gasteiger partial charge on any atom is -0.395 e. The van der Waals surface area contributed by atoms with Crippen molar-refractivity contribution in [3.63, 3.8) is 0 Å². The maximum Gasteiger partial charge on any atom is 0.261 e. The van der Waals surface area contributed by atoms with Crippen LogP contribution in [0.2, 0.25) is 0 Å². The van der Waals surface area contributed by atoms with Gasteiger partial charge in [-0.25, -0.2) is 0 Å². The molecular weight excluding hydrogens is 270 g/mol. The van der Waals surface area contributed by atoms with Gasteiger partial charge >= 0.3 is 0 Å². The molecule has 1 aromatic carbocycles. The fourth-order valence-corrected chi connectivity index (χ4v) is 2.32. The van der Waals surface area contributed by atoms with Gasteiger partial charge in [0.25, 0.3) is 5.91 Å². The molecule has 2 rings (SSSR count). The zero-order valence-corrected chi connectivity index (χ0v) is 11.7. The van der Waals surface area contributed by atoms with Crippen LogP contribution >= 0.6 is 11.3 Å². The molecule has 3 nitrogen and oxygen atoms in total. The molecule has 2 N–H and O–H groups in total. The standard InChI is InChI=1S/C16H15NO2S/c18-10-4-3-7-13-6-1-2-8-14(13)12-17-16(19)15-9-5-11-20-15/h1-2,5-6,8-9,11,18H,4,10,12H2,(H,17,19). The molecule has 0 unspecified atom stereocenters. The quantitative estimate of drug-likeness (QED) is 0.848. The van der Waals surface area contributed by atoms with Crippen LogP contribution in [0, 0.1) is 11.8 Å². The average Bonchev–Trinajstić information content (AvgIpc) is 3.00. The predicted molar refractivity (Wildman–Crippen MR) is 80.5 cm³/mol. The van der Waals surface area contributed by atoms with E-state index in [9.17, 15) is 4.79 Å². The Morgan fingerprint density at radius 1 is 1.25 bits per heavy atom. The monoisotopic (exact) mass is 285 g/mol. The summed E-state index contributed by atoms with van der Waals surface area (Å²) < 4.78 is 0. The van der Waals surface area contributed by atoms with Crippen molar-refractivity contribution in [3.8, 4) is 11.8 Å². The number of benzene rings is 1. The summed E-state index contributed by atoms with van der Waals surface area (Å²) in [5.41, 5.74) is 1.86. The lowest BCUT2D eigenvalue weighted by molar-refractivity contribution is 0.0955. The second-order valence-corrected chi connectivity index (χ2v) is 5.04. The first-order valence-corrected chi connectivity index (χ1v) is 7.18. The van der Waals surface area contributed by atoms with Crippen LogP contribution < -0.4 is 5.32 Å². The van der Waals surface area contributed by atoms with Crippen molar-refractivity contribution in [2.45, 2.75) is 13.0 Å². The maximum atomic E-state index is 11.9. The molecule has 0 fully saturated rings. The molecule has 20 heavy (non-hydrogen) atoms. The van der Waals surface area contributed by atoms with Crippen LogP contribution in [0.15, 0.2) is 41.8 Å². The molecule has 0 bridgehead atoms. The molecule has 0 aliphatic heterocycles. The minimum atomic E-state index is -0.0712. The second kappa shape index (κ2) is 7.49. The lowest BCUT2D eigenvalue weighted by Crippen LogP contribution is -2.22. The molecule has 1 aromatic heterocycles. The molecule has 0 saturated carbocycles. The van der Waals surface area contributed by atoms with Gasteiger partial charge in [0.2, 0.25) is 0 Å². The Hall–Kier alpha value is -2.09. The molecule has 102 valence electrons. The largest absolute Gasteiger partial charge is 0.395 e. The van der Waals surface area contributed by atoms with Gasteiger partial charge in [0.05, 0.1) is 11.5 Å². The van der Waals surface area contributed by atoms with Gasteiger partial charge in [-0.05, 0) is 23.1 Å². The van der Waals surface area contributed by atoms with Gasteiger partial charge < -0.3 is 10.4 Å². The van der Waals surface area contributed by atoms with Crippen molar-refractivity contribution >= 4 is 17.2 Å². The third kappa shape index (κ3) is 3.95. The normalized spacial score (nSPS) is 9.65. The van der Waals surface area contributed by atoms with Crippen LogP contribution in [0.25, 0.3) is 0 Å². The third-order valence-electron chi connectivity index (χ3n) is 2.66. The highest BCUT2D eigenvalue weighted by Gasteiger charge is 2.06. The minimum absolute atomic E-state index is 0.0598. The van der Waals surface area contributed by atoms with Gasteiger partial charge in [-0.1, -0.05) is 36.1 Å². The summed E-state index contributed by atoms with van der Waals surface area (Å²) in [6, 6.07) is 11.3. The van der Waals surface area contributed by atoms with Gasteiger partial charge in [0.1, 0.15) is 0 Å². The van der Waals surface area contributed by atoms with Gasteiger partial charge in [-0.15, -0.1) is 11.3 Å². The van der Waals surface area contributed by atoms with Crippen molar-refractivity contribution in [1.82, 2.24) is 5.32 Å². The van der Waals surface area contributed by atoms with Crippen molar-refractivity contribution in [2.24, 2.45) is 0 Å². The van der Waals surface area contributed by atoms with E-state index in [2.05, 4.69) is 17.2 Å². The van der Waals surface area contributed by atoms with Crippen LogP contribution in [0.3, 0.4) is 0 Å². The number of rotatable bonds is 4. The summed E-state index contributed by atoms with van der Waals surface area (Å²) in [5, 5.41) is 13.5. The number of nitrogens with one attached hydrogen (secondary N) is 1. The van der Waals surface area contributed by atoms with Crippen molar-refractivity contribution in [3.05, 3.63) is 57.8 Å². The molecular formula is C16H15NO2S. The Labute approximate surface area is 122 Å². The fraction of sp³-hybridized carbons (Fsp3) is 0.188. The topological polar surface area (TPSA) is 49.3 Å². The summed E-state index contributed by atoms with van der Waals surface area (Å²) in [4.78, 5) is 12.6. The van der Waals surface area contributed by atoms with Crippen molar-refractivity contribution < 1.29 is 9.90 Å². The van der Waals surface area contributed by atoms with E-state index < -0.39 is 0 Å². The molecule has 0 spiro atoms. The van der Waals surface area contributed by atoms with E-state index in [4.69, 9.17) is 5.11 Å². The zero-order chi connectivity index (χ0) is 14.2. The molecule has 2 aromatic rings. The molecule has 0 saturated heterocycles. The Morgan fingerprint density at radius 3 is 2.85 bits per heavy atom. The number of hydrogen-bond acceptors (Lipinski definition) is 3. The highest BCUT2D eigenvalue weighted by molar-refractivity contribution is 7.12. The van der Waals surface area contributed by atoms with E-state index in [0.29, 0.717) is 17.8 Å². The average molecular weight is 285 g/mol. The Morgan fingerprint density at radius 2 is 2.10 bits per heavy atom. The first kappa shape index (κ1) is 14.3. The molecule has 4 heteroatoms. The van der Waals surface area contributed by atoms with E-state index in [1.165, 1.54) is 11.3 Å². The SMILES string of the molecule is O=C(NCc1ccccc1C#CCCO)c1cccs1. The van der Waals surface area contributed by atoms with Crippen LogP contribution in [-0.2, 0) is 6.54 Å². The van der Waals surface area contributed by atoms with E-state index in [1.807, 2.05) is 35.7 Å². The number of thiophene rings is 1. The number of hydrogen-bond donors (Lipinski definition) is 2. The van der Waals surface area contributed by atoms with Gasteiger partial charge in [-0.3, -0.25) is 4.79 Å². The highest BCUT2D eigenvalue weighted by atomic mass is 32.1. The van der Waals surface area contributed by atoms with E-state index in [1.54, 1.807) is 6.07 Å². The number of amides is 1. The summed E-state index contributed by atoms with van der Waals surface area (Å²) in [6.07, 6.45) is 0.454. The second-order valence-electron chi connectivity index (χ2n) is 4.09. The zero-order valence-electron chi connectivity index (χ0n) is 10.9. The summed E-state index contributed by atoms with van der Waals surface area (Å²) in [6.45, 7) is 0.505.